The normalized spacial score (nSPS) is 16.8. The Morgan fingerprint density at radius 3 is 2.67 bits per heavy atom. The first-order valence-electron chi connectivity index (χ1n) is 7.90. The van der Waals surface area contributed by atoms with Crippen molar-refractivity contribution >= 4 is 23.5 Å². The van der Waals surface area contributed by atoms with Crippen molar-refractivity contribution in [2.24, 2.45) is 0 Å². The van der Waals surface area contributed by atoms with Gasteiger partial charge in [0.05, 0.1) is 12.0 Å². The van der Waals surface area contributed by atoms with E-state index in [-0.39, 0.29) is 17.9 Å². The molecule has 1 fully saturated rings. The second kappa shape index (κ2) is 6.98. The van der Waals surface area contributed by atoms with Gasteiger partial charge in [-0.25, -0.2) is 4.39 Å². The smallest absolute Gasteiger partial charge is 0.305 e. The highest BCUT2D eigenvalue weighted by Crippen LogP contribution is 2.24. The summed E-state index contributed by atoms with van der Waals surface area (Å²) in [4.78, 5) is 36.7. The van der Waals surface area contributed by atoms with E-state index in [1.807, 2.05) is 0 Å². The van der Waals surface area contributed by atoms with Crippen LogP contribution in [0, 0.1) is 5.82 Å². The number of carbonyl (C=O) groups excluding carboxylic acids is 2. The van der Waals surface area contributed by atoms with Crippen molar-refractivity contribution in [1.82, 2.24) is 5.32 Å². The lowest BCUT2D eigenvalue weighted by molar-refractivity contribution is -0.138. The number of hydrogen-bond donors (Lipinski definition) is 2. The number of halogens is 1. The van der Waals surface area contributed by atoms with Gasteiger partial charge in [-0.3, -0.25) is 14.4 Å². The molecule has 7 heteroatoms. The zero-order valence-electron chi connectivity index (χ0n) is 13.8. The minimum absolute atomic E-state index is 0.0581. The topological polar surface area (TPSA) is 86.7 Å². The molecule has 1 aliphatic heterocycles. The number of carbonyl (C=O) groups is 3. The van der Waals surface area contributed by atoms with Crippen LogP contribution in [0.4, 0.5) is 10.1 Å². The van der Waals surface area contributed by atoms with Crippen LogP contribution < -0.4 is 10.2 Å². The molecule has 1 aromatic carbocycles. The monoisotopic (exact) mass is 336 g/mol. The largest absolute Gasteiger partial charge is 0.481 e. The number of nitrogens with zero attached hydrogens (tertiary/aromatic N) is 1. The summed E-state index contributed by atoms with van der Waals surface area (Å²) < 4.78 is 14.1. The van der Waals surface area contributed by atoms with E-state index in [0.717, 1.165) is 12.5 Å². The maximum absolute atomic E-state index is 14.1. The number of carboxylic acid groups (broad SMARTS) is 1. The second-order valence-corrected chi connectivity index (χ2v) is 6.25. The Hall–Kier alpha value is -2.44. The van der Waals surface area contributed by atoms with Crippen molar-refractivity contribution in [1.29, 1.82) is 0 Å². The van der Waals surface area contributed by atoms with E-state index in [9.17, 15) is 18.8 Å². The van der Waals surface area contributed by atoms with Gasteiger partial charge in [-0.1, -0.05) is 6.92 Å². The number of anilines is 1. The summed E-state index contributed by atoms with van der Waals surface area (Å²) in [6, 6.07) is 3.95. The number of carboxylic acids is 1. The highest BCUT2D eigenvalue weighted by atomic mass is 19.1. The van der Waals surface area contributed by atoms with Crippen LogP contribution in [0.5, 0.6) is 0 Å². The molecule has 1 saturated heterocycles. The van der Waals surface area contributed by atoms with Gasteiger partial charge >= 0.3 is 5.97 Å². The van der Waals surface area contributed by atoms with E-state index in [1.54, 1.807) is 13.8 Å². The molecule has 0 unspecified atom stereocenters. The van der Waals surface area contributed by atoms with Crippen LogP contribution in [-0.4, -0.2) is 35.0 Å². The molecular weight excluding hydrogens is 315 g/mol. The third kappa shape index (κ3) is 3.90. The Bertz CT molecular complexity index is 677. The molecule has 2 amide bonds. The highest BCUT2D eigenvalue weighted by Gasteiger charge is 2.29. The Kier molecular flexibility index (Phi) is 5.21. The molecule has 0 aromatic heterocycles. The number of amides is 2. The fourth-order valence-corrected chi connectivity index (χ4v) is 2.71. The molecule has 0 radical (unpaired) electrons. The molecular formula is C17H21FN2O4. The standard InChI is InChI=1S/C17H21FN2O4/c1-3-17(2,10-15(22)23)19-16(24)12-9-11(6-7-13(12)18)20-8-4-5-14(20)21/h6-7,9H,3-5,8,10H2,1-2H3,(H,19,24)(H,22,23)/t17-/m1/s1. The highest BCUT2D eigenvalue weighted by molar-refractivity contribution is 5.99. The van der Waals surface area contributed by atoms with Crippen LogP contribution in [0.25, 0.3) is 0 Å². The summed E-state index contributed by atoms with van der Waals surface area (Å²) in [6.07, 6.45) is 1.29. The molecule has 2 rings (SSSR count). The van der Waals surface area contributed by atoms with Crippen molar-refractivity contribution in [2.75, 3.05) is 11.4 Å². The van der Waals surface area contributed by atoms with Gasteiger partial charge in [0.1, 0.15) is 5.82 Å². The summed E-state index contributed by atoms with van der Waals surface area (Å²) in [7, 11) is 0. The van der Waals surface area contributed by atoms with Crippen LogP contribution in [0.3, 0.4) is 0 Å². The third-order valence-corrected chi connectivity index (χ3v) is 4.32. The molecule has 1 aliphatic rings. The van der Waals surface area contributed by atoms with Crippen molar-refractivity contribution < 1.29 is 23.9 Å². The second-order valence-electron chi connectivity index (χ2n) is 6.25. The van der Waals surface area contributed by atoms with Crippen LogP contribution in [0.2, 0.25) is 0 Å². The quantitative estimate of drug-likeness (QED) is 0.835. The van der Waals surface area contributed by atoms with E-state index < -0.39 is 23.2 Å². The lowest BCUT2D eigenvalue weighted by Gasteiger charge is -2.28. The molecule has 1 aromatic rings. The van der Waals surface area contributed by atoms with Gasteiger partial charge in [-0.2, -0.15) is 0 Å². The number of rotatable bonds is 6. The lowest BCUT2D eigenvalue weighted by atomic mass is 9.94. The average molecular weight is 336 g/mol. The molecule has 1 atom stereocenters. The summed E-state index contributed by atoms with van der Waals surface area (Å²) in [5.74, 6) is -2.50. The number of nitrogens with one attached hydrogen (secondary N) is 1. The molecule has 130 valence electrons. The Morgan fingerprint density at radius 1 is 1.42 bits per heavy atom. The Labute approximate surface area is 139 Å². The van der Waals surface area contributed by atoms with Crippen molar-refractivity contribution in [3.8, 4) is 0 Å². The van der Waals surface area contributed by atoms with Crippen LogP contribution in [-0.2, 0) is 9.59 Å². The van der Waals surface area contributed by atoms with Gasteiger partial charge in [-0.15, -0.1) is 0 Å². The molecule has 0 saturated carbocycles. The maximum atomic E-state index is 14.1. The SMILES string of the molecule is CC[C@](C)(CC(=O)O)NC(=O)c1cc(N2CCCC2=O)ccc1F. The molecule has 1 heterocycles. The van der Waals surface area contributed by atoms with Gasteiger partial charge in [0.15, 0.2) is 0 Å². The van der Waals surface area contributed by atoms with E-state index in [0.29, 0.717) is 25.1 Å². The molecule has 24 heavy (non-hydrogen) atoms. The van der Waals surface area contributed by atoms with Gasteiger partial charge in [0.25, 0.3) is 5.91 Å². The first-order chi connectivity index (χ1) is 11.3. The summed E-state index contributed by atoms with van der Waals surface area (Å²) in [5, 5.41) is 11.6. The van der Waals surface area contributed by atoms with E-state index >= 15 is 0 Å². The van der Waals surface area contributed by atoms with E-state index in [2.05, 4.69) is 5.32 Å². The zero-order chi connectivity index (χ0) is 17.9. The molecule has 6 nitrogen and oxygen atoms in total. The summed E-state index contributed by atoms with van der Waals surface area (Å²) >= 11 is 0. The predicted molar refractivity (Wildman–Crippen MR) is 86.4 cm³/mol. The van der Waals surface area contributed by atoms with Crippen molar-refractivity contribution in [2.45, 2.75) is 45.1 Å². The van der Waals surface area contributed by atoms with Gasteiger partial charge < -0.3 is 15.3 Å². The van der Waals surface area contributed by atoms with Gasteiger partial charge in [0.2, 0.25) is 5.91 Å². The summed E-state index contributed by atoms with van der Waals surface area (Å²) in [6.45, 7) is 3.89. The Balaban J connectivity index is 2.25. The predicted octanol–water partition coefficient (Wildman–Crippen LogP) is 2.33. The number of benzene rings is 1. The minimum atomic E-state index is -1.04. The fraction of sp³-hybridized carbons (Fsp3) is 0.471. The van der Waals surface area contributed by atoms with Crippen LogP contribution >= 0.6 is 0 Å². The number of hydrogen-bond acceptors (Lipinski definition) is 3. The van der Waals surface area contributed by atoms with Crippen LogP contribution in [0.1, 0.15) is 49.9 Å². The van der Waals surface area contributed by atoms with Crippen molar-refractivity contribution in [3.63, 3.8) is 0 Å². The zero-order valence-corrected chi connectivity index (χ0v) is 13.8. The fourth-order valence-electron chi connectivity index (χ4n) is 2.71. The van der Waals surface area contributed by atoms with Gasteiger partial charge in [0, 0.05) is 24.2 Å². The third-order valence-electron chi connectivity index (χ3n) is 4.32. The molecule has 0 bridgehead atoms. The molecule has 0 aliphatic carbocycles. The molecule has 0 spiro atoms. The molecule has 2 N–H and O–H groups in total. The maximum Gasteiger partial charge on any atom is 0.305 e. The van der Waals surface area contributed by atoms with E-state index in [4.69, 9.17) is 5.11 Å². The lowest BCUT2D eigenvalue weighted by Crippen LogP contribution is -2.47. The van der Waals surface area contributed by atoms with Crippen LogP contribution in [0.15, 0.2) is 18.2 Å². The van der Waals surface area contributed by atoms with E-state index in [1.165, 1.54) is 17.0 Å². The number of aliphatic carboxylic acids is 1. The minimum Gasteiger partial charge on any atom is -0.481 e. The Morgan fingerprint density at radius 2 is 2.12 bits per heavy atom. The first-order valence-corrected chi connectivity index (χ1v) is 7.90. The van der Waals surface area contributed by atoms with Gasteiger partial charge in [-0.05, 0) is 38.0 Å². The average Bonchev–Trinajstić information content (AvgIpc) is 2.93. The van der Waals surface area contributed by atoms with Crippen molar-refractivity contribution in [3.05, 3.63) is 29.6 Å². The summed E-state index contributed by atoms with van der Waals surface area (Å²) in [5.41, 5.74) is -0.702. The first kappa shape index (κ1) is 17.9.